The van der Waals surface area contributed by atoms with Crippen LogP contribution in [0.1, 0.15) is 193 Å². The maximum absolute atomic E-state index is 14.1. The molecule has 0 radical (unpaired) electrons. The van der Waals surface area contributed by atoms with E-state index >= 15 is 0 Å². The molecule has 6 rings (SSSR count). The van der Waals surface area contributed by atoms with E-state index in [0.717, 1.165) is 56.7 Å². The van der Waals surface area contributed by atoms with Gasteiger partial charge in [-0.1, -0.05) is 157 Å². The number of carbonyl (C=O) groups excluding carboxylic acids is 1. The van der Waals surface area contributed by atoms with E-state index in [0.29, 0.717) is 17.6 Å². The lowest BCUT2D eigenvalue weighted by Gasteiger charge is -2.25. The highest BCUT2D eigenvalue weighted by atomic mass is 32.1. The minimum Gasteiger partial charge on any atom is -0.372 e. The minimum absolute atomic E-state index is 0.123. The first kappa shape index (κ1) is 47.9. The van der Waals surface area contributed by atoms with Gasteiger partial charge in [0.1, 0.15) is 0 Å². The average Bonchev–Trinajstić information content (AvgIpc) is 4.09. The van der Waals surface area contributed by atoms with Gasteiger partial charge in [0, 0.05) is 42.7 Å². The van der Waals surface area contributed by atoms with Crippen LogP contribution in [-0.4, -0.2) is 28.0 Å². The van der Waals surface area contributed by atoms with E-state index in [1.807, 2.05) is 22.7 Å². The zero-order chi connectivity index (χ0) is 43.3. The zero-order valence-corrected chi connectivity index (χ0v) is 42.1. The van der Waals surface area contributed by atoms with Gasteiger partial charge in [0.2, 0.25) is 0 Å². The summed E-state index contributed by atoms with van der Waals surface area (Å²) >= 11 is 5.82. The van der Waals surface area contributed by atoms with Crippen LogP contribution in [0.2, 0.25) is 0 Å². The SMILES string of the molecule is CCCCCCN(CCCCCC)c1ccc(-c2cc3c(s2)c2sc4c5sc(C(=O)C(CC)CCCC)cc5n(CC(CC)CCCC)c4c2n3CC(CC)CCCC)cc1. The minimum atomic E-state index is 0.123. The van der Waals surface area contributed by atoms with Crippen LogP contribution >= 0.6 is 34.0 Å². The molecule has 5 aromatic heterocycles. The number of benzene rings is 1. The van der Waals surface area contributed by atoms with Crippen molar-refractivity contribution in [2.75, 3.05) is 18.0 Å². The molecule has 6 aromatic rings. The maximum atomic E-state index is 14.1. The second-order valence-corrected chi connectivity index (χ2v) is 21.6. The van der Waals surface area contributed by atoms with E-state index in [2.05, 4.69) is 106 Å². The third-order valence-corrected chi connectivity index (χ3v) is 17.7. The van der Waals surface area contributed by atoms with Crippen molar-refractivity contribution in [1.82, 2.24) is 9.13 Å². The normalized spacial score (nSPS) is 13.7. The van der Waals surface area contributed by atoms with Crippen LogP contribution in [0, 0.1) is 17.8 Å². The largest absolute Gasteiger partial charge is 0.372 e. The molecule has 0 aliphatic carbocycles. The molecule has 4 nitrogen and oxygen atoms in total. The lowest BCUT2D eigenvalue weighted by Crippen LogP contribution is -2.25. The van der Waals surface area contributed by atoms with Gasteiger partial charge in [-0.3, -0.25) is 4.79 Å². The molecule has 0 fully saturated rings. The van der Waals surface area contributed by atoms with E-state index in [1.165, 1.54) is 160 Å². The average molecular weight is 884 g/mol. The number of anilines is 1. The maximum Gasteiger partial charge on any atom is 0.175 e. The summed E-state index contributed by atoms with van der Waals surface area (Å²) < 4.78 is 11.1. The monoisotopic (exact) mass is 884 g/mol. The van der Waals surface area contributed by atoms with Crippen molar-refractivity contribution in [3.63, 3.8) is 0 Å². The Bertz CT molecular complexity index is 2220. The van der Waals surface area contributed by atoms with Crippen LogP contribution in [0.5, 0.6) is 0 Å². The second kappa shape index (κ2) is 23.9. The highest BCUT2D eigenvalue weighted by Gasteiger charge is 2.29. The Morgan fingerprint density at radius 1 is 0.541 bits per heavy atom. The number of carbonyl (C=O) groups is 1. The third kappa shape index (κ3) is 11.2. The van der Waals surface area contributed by atoms with E-state index < -0.39 is 0 Å². The summed E-state index contributed by atoms with van der Waals surface area (Å²) in [5.74, 6) is 1.76. The molecule has 1 aromatic carbocycles. The first-order valence-corrected chi connectivity index (χ1v) is 27.7. The fraction of sp³-hybridized carbons (Fsp3) is 0.648. The number of aromatic nitrogens is 2. The Hall–Kier alpha value is -2.61. The zero-order valence-electron chi connectivity index (χ0n) is 39.6. The topological polar surface area (TPSA) is 30.2 Å². The fourth-order valence-electron chi connectivity index (χ4n) is 9.78. The molecule has 0 aliphatic rings. The summed E-state index contributed by atoms with van der Waals surface area (Å²) in [5.41, 5.74) is 8.33. The highest BCUT2D eigenvalue weighted by molar-refractivity contribution is 7.35. The van der Waals surface area contributed by atoms with Crippen molar-refractivity contribution in [3.8, 4) is 10.4 Å². The number of hydrogen-bond acceptors (Lipinski definition) is 5. The Morgan fingerprint density at radius 2 is 1.05 bits per heavy atom. The molecule has 3 atom stereocenters. The number of unbranched alkanes of at least 4 members (excludes halogenated alkanes) is 9. The van der Waals surface area contributed by atoms with Gasteiger partial charge >= 0.3 is 0 Å². The molecule has 0 aliphatic heterocycles. The smallest absolute Gasteiger partial charge is 0.175 e. The van der Waals surface area contributed by atoms with Crippen LogP contribution in [0.3, 0.4) is 0 Å². The van der Waals surface area contributed by atoms with Gasteiger partial charge < -0.3 is 14.0 Å². The van der Waals surface area contributed by atoms with Gasteiger partial charge in [0.15, 0.2) is 5.78 Å². The number of Topliss-reactive ketones (excluding diaryl/α,β-unsaturated/α-hetero) is 1. The van der Waals surface area contributed by atoms with Crippen LogP contribution in [0.15, 0.2) is 36.4 Å². The van der Waals surface area contributed by atoms with Crippen LogP contribution in [0.4, 0.5) is 5.69 Å². The third-order valence-electron chi connectivity index (χ3n) is 13.9. The Balaban J connectivity index is 1.47. The molecular formula is C54H81N3OS3. The van der Waals surface area contributed by atoms with Crippen molar-refractivity contribution in [1.29, 1.82) is 0 Å². The summed E-state index contributed by atoms with van der Waals surface area (Å²) in [6.45, 7) is 22.9. The van der Waals surface area contributed by atoms with E-state index in [1.54, 1.807) is 11.3 Å². The molecule has 0 spiro atoms. The van der Waals surface area contributed by atoms with Crippen LogP contribution in [0.25, 0.3) is 51.3 Å². The lowest BCUT2D eigenvalue weighted by atomic mass is 9.94. The van der Waals surface area contributed by atoms with Gasteiger partial charge in [-0.15, -0.1) is 34.0 Å². The number of thiophene rings is 3. The van der Waals surface area contributed by atoms with Crippen LogP contribution < -0.4 is 4.90 Å². The summed E-state index contributed by atoms with van der Waals surface area (Å²) in [7, 11) is 0. The fourth-order valence-corrected chi connectivity index (χ4v) is 13.7. The molecule has 0 saturated carbocycles. The molecule has 3 unspecified atom stereocenters. The first-order chi connectivity index (χ1) is 29.8. The molecule has 0 N–H and O–H groups in total. The number of nitrogens with zero attached hydrogens (tertiary/aromatic N) is 3. The van der Waals surface area contributed by atoms with Crippen molar-refractivity contribution in [3.05, 3.63) is 41.3 Å². The number of hydrogen-bond donors (Lipinski definition) is 0. The Labute approximate surface area is 382 Å². The Morgan fingerprint density at radius 3 is 1.56 bits per heavy atom. The predicted molar refractivity (Wildman–Crippen MR) is 276 cm³/mol. The summed E-state index contributed by atoms with van der Waals surface area (Å²) in [4.78, 5) is 19.2. The summed E-state index contributed by atoms with van der Waals surface area (Å²) in [6, 6.07) is 14.5. The van der Waals surface area contributed by atoms with Gasteiger partial charge in [0.05, 0.1) is 45.7 Å². The summed E-state index contributed by atoms with van der Waals surface area (Å²) in [5, 5.41) is 0. The number of ketones is 1. The molecule has 0 amide bonds. The molecule has 5 heterocycles. The van der Waals surface area contributed by atoms with E-state index in [9.17, 15) is 4.79 Å². The Kier molecular flexibility index (Phi) is 18.7. The standard InChI is InChI=1S/C54H81N3OS3/c1-9-17-22-24-33-55(34-25-23-18-10-2)43-31-29-42(30-32-43)46-35-44-51(59-46)53-48(56(44)37-39(14-6)26-19-11-3)49-54(61-53)52-45(57(49)38-40(15-7)27-20-12-4)36-47(60-52)50(58)41(16-8)28-21-13-5/h29-32,35-36,39-41H,9-28,33-34,37-38H2,1-8H3. The molecule has 7 heteroatoms. The highest BCUT2D eigenvalue weighted by Crippen LogP contribution is 2.51. The van der Waals surface area contributed by atoms with Crippen LogP contribution in [-0.2, 0) is 13.1 Å². The lowest BCUT2D eigenvalue weighted by molar-refractivity contribution is 0.0912. The van der Waals surface area contributed by atoms with Crippen molar-refractivity contribution < 1.29 is 4.79 Å². The van der Waals surface area contributed by atoms with Crippen molar-refractivity contribution in [2.45, 2.75) is 197 Å². The molecule has 61 heavy (non-hydrogen) atoms. The van der Waals surface area contributed by atoms with Crippen molar-refractivity contribution in [2.24, 2.45) is 17.8 Å². The molecular weight excluding hydrogens is 803 g/mol. The van der Waals surface area contributed by atoms with E-state index in [-0.39, 0.29) is 5.92 Å². The summed E-state index contributed by atoms with van der Waals surface area (Å²) in [6.07, 6.45) is 24.6. The molecule has 0 saturated heterocycles. The second-order valence-electron chi connectivity index (χ2n) is 18.4. The van der Waals surface area contributed by atoms with Gasteiger partial charge in [0.25, 0.3) is 0 Å². The number of rotatable bonds is 30. The van der Waals surface area contributed by atoms with E-state index in [4.69, 9.17) is 0 Å². The first-order valence-electron chi connectivity index (χ1n) is 25.2. The van der Waals surface area contributed by atoms with Crippen molar-refractivity contribution >= 4 is 86.3 Å². The van der Waals surface area contributed by atoms with Gasteiger partial charge in [-0.05, 0) is 80.2 Å². The quantitative estimate of drug-likeness (QED) is 0.0333. The molecule has 0 bridgehead atoms. The van der Waals surface area contributed by atoms with Gasteiger partial charge in [-0.2, -0.15) is 0 Å². The predicted octanol–water partition coefficient (Wildman–Crippen LogP) is 18.6. The molecule has 336 valence electrons. The number of fused-ring (bicyclic) bond motifs is 7. The van der Waals surface area contributed by atoms with Gasteiger partial charge in [-0.25, -0.2) is 0 Å².